The Labute approximate surface area is 130 Å². The van der Waals surface area contributed by atoms with E-state index in [1.807, 2.05) is 19.9 Å². The Kier molecular flexibility index (Phi) is 4.35. The van der Waals surface area contributed by atoms with Crippen molar-refractivity contribution in [3.05, 3.63) is 51.4 Å². The first-order valence-corrected chi connectivity index (χ1v) is 6.99. The van der Waals surface area contributed by atoms with Gasteiger partial charge >= 0.3 is 0 Å². The Balaban J connectivity index is 2.50. The minimum absolute atomic E-state index is 0.211. The smallest absolute Gasteiger partial charge is 0.230 e. The second kappa shape index (κ2) is 5.85. The summed E-state index contributed by atoms with van der Waals surface area (Å²) in [6, 6.07) is 6.02. The highest BCUT2D eigenvalue weighted by atomic mass is 79.9. The number of ether oxygens (including phenoxy) is 1. The van der Waals surface area contributed by atoms with Crippen LogP contribution in [0.1, 0.15) is 16.8 Å². The highest BCUT2D eigenvalue weighted by molar-refractivity contribution is 9.10. The highest BCUT2D eigenvalue weighted by Gasteiger charge is 2.15. The van der Waals surface area contributed by atoms with Gasteiger partial charge in [0.05, 0.1) is 10.0 Å². The number of benzene rings is 1. The Bertz CT molecular complexity index is 691. The van der Waals surface area contributed by atoms with Crippen LogP contribution in [0.25, 0.3) is 0 Å². The summed E-state index contributed by atoms with van der Waals surface area (Å²) in [7, 11) is 0. The lowest BCUT2D eigenvalue weighted by molar-refractivity contribution is 0.455. The van der Waals surface area contributed by atoms with Crippen molar-refractivity contribution >= 4 is 33.1 Å². The normalized spacial score (nSPS) is 10.4. The van der Waals surface area contributed by atoms with Crippen LogP contribution in [0.3, 0.4) is 0 Å². The van der Waals surface area contributed by atoms with Gasteiger partial charge in [0.2, 0.25) is 5.88 Å². The van der Waals surface area contributed by atoms with Gasteiger partial charge in [0.1, 0.15) is 16.6 Å². The minimum atomic E-state index is -0.354. The Hall–Kier alpha value is -1.53. The third kappa shape index (κ3) is 3.13. The number of hydrogen-bond donors (Lipinski definition) is 1. The number of nitrogens with zero attached hydrogens (tertiary/aromatic N) is 1. The van der Waals surface area contributed by atoms with E-state index in [0.29, 0.717) is 21.7 Å². The molecule has 104 valence electrons. The molecule has 0 fully saturated rings. The van der Waals surface area contributed by atoms with Crippen molar-refractivity contribution < 1.29 is 9.13 Å². The summed E-state index contributed by atoms with van der Waals surface area (Å²) in [6.45, 7) is 3.73. The predicted molar refractivity (Wildman–Crippen MR) is 83.8 cm³/mol. The molecule has 0 aliphatic heterocycles. The Morgan fingerprint density at radius 1 is 1.35 bits per heavy atom. The van der Waals surface area contributed by atoms with Crippen molar-refractivity contribution in [1.29, 1.82) is 0 Å². The molecular formula is C14H12BrFN2OS. The molecule has 0 bridgehead atoms. The molecule has 20 heavy (non-hydrogen) atoms. The Morgan fingerprint density at radius 2 is 2.05 bits per heavy atom. The third-order valence-corrected chi connectivity index (χ3v) is 3.48. The molecule has 1 aromatic heterocycles. The lowest BCUT2D eigenvalue weighted by Crippen LogP contribution is -2.14. The van der Waals surface area contributed by atoms with Gasteiger partial charge in [0.25, 0.3) is 0 Å². The van der Waals surface area contributed by atoms with Crippen molar-refractivity contribution in [2.75, 3.05) is 0 Å². The molecule has 0 aliphatic rings. The average Bonchev–Trinajstić information content (AvgIpc) is 2.31. The summed E-state index contributed by atoms with van der Waals surface area (Å²) < 4.78 is 19.3. The summed E-state index contributed by atoms with van der Waals surface area (Å²) in [5.74, 6) is 0.413. The fourth-order valence-electron chi connectivity index (χ4n) is 1.84. The molecule has 2 aromatic rings. The zero-order chi connectivity index (χ0) is 14.9. The standard InChI is InChI=1S/C14H12BrFN2OS/c1-7-5-8(2)18-14(12(7)13(17)20)19-11-4-3-9(16)6-10(11)15/h3-6H,1-2H3,(H2,17,20). The van der Waals surface area contributed by atoms with E-state index >= 15 is 0 Å². The summed E-state index contributed by atoms with van der Waals surface area (Å²) in [5, 5.41) is 0. The van der Waals surface area contributed by atoms with E-state index in [2.05, 4.69) is 20.9 Å². The Morgan fingerprint density at radius 3 is 2.65 bits per heavy atom. The molecule has 6 heteroatoms. The van der Waals surface area contributed by atoms with Crippen LogP contribution in [-0.2, 0) is 0 Å². The van der Waals surface area contributed by atoms with Crippen molar-refractivity contribution in [2.24, 2.45) is 5.73 Å². The molecule has 2 N–H and O–H groups in total. The van der Waals surface area contributed by atoms with E-state index in [-0.39, 0.29) is 10.8 Å². The maximum absolute atomic E-state index is 13.1. The maximum Gasteiger partial charge on any atom is 0.230 e. The van der Waals surface area contributed by atoms with Crippen LogP contribution in [0, 0.1) is 19.7 Å². The van der Waals surface area contributed by atoms with E-state index in [9.17, 15) is 4.39 Å². The van der Waals surface area contributed by atoms with Crippen molar-refractivity contribution in [1.82, 2.24) is 4.98 Å². The van der Waals surface area contributed by atoms with Gasteiger partial charge in [-0.25, -0.2) is 9.37 Å². The molecule has 0 radical (unpaired) electrons. The van der Waals surface area contributed by atoms with Crippen LogP contribution < -0.4 is 10.5 Å². The number of nitrogens with two attached hydrogens (primary N) is 1. The third-order valence-electron chi connectivity index (χ3n) is 2.66. The van der Waals surface area contributed by atoms with Crippen LogP contribution in [0.4, 0.5) is 4.39 Å². The lowest BCUT2D eigenvalue weighted by Gasteiger charge is -2.13. The van der Waals surface area contributed by atoms with Crippen LogP contribution >= 0.6 is 28.1 Å². The van der Waals surface area contributed by atoms with Crippen LogP contribution in [0.5, 0.6) is 11.6 Å². The van der Waals surface area contributed by atoms with Crippen molar-refractivity contribution in [3.63, 3.8) is 0 Å². The summed E-state index contributed by atoms with van der Waals surface area (Å²) >= 11 is 8.28. The number of aryl methyl sites for hydroxylation is 2. The topological polar surface area (TPSA) is 48.1 Å². The second-order valence-corrected chi connectivity index (χ2v) is 5.60. The molecule has 0 unspecified atom stereocenters. The monoisotopic (exact) mass is 354 g/mol. The van der Waals surface area contributed by atoms with Crippen molar-refractivity contribution in [3.8, 4) is 11.6 Å². The molecule has 0 spiro atoms. The summed E-state index contributed by atoms with van der Waals surface area (Å²) in [4.78, 5) is 4.52. The van der Waals surface area contributed by atoms with Gasteiger partial charge in [-0.3, -0.25) is 0 Å². The molecule has 0 aliphatic carbocycles. The zero-order valence-corrected chi connectivity index (χ0v) is 13.3. The fraction of sp³-hybridized carbons (Fsp3) is 0.143. The van der Waals surface area contributed by atoms with E-state index < -0.39 is 0 Å². The number of rotatable bonds is 3. The molecule has 1 heterocycles. The molecule has 1 aromatic carbocycles. The lowest BCUT2D eigenvalue weighted by atomic mass is 10.1. The van der Waals surface area contributed by atoms with Crippen molar-refractivity contribution in [2.45, 2.75) is 13.8 Å². The van der Waals surface area contributed by atoms with Crippen LogP contribution in [0.15, 0.2) is 28.7 Å². The quantitative estimate of drug-likeness (QED) is 0.845. The summed E-state index contributed by atoms with van der Waals surface area (Å²) in [5.41, 5.74) is 7.98. The molecule has 0 amide bonds. The fourth-order valence-corrected chi connectivity index (χ4v) is 2.52. The second-order valence-electron chi connectivity index (χ2n) is 4.30. The van der Waals surface area contributed by atoms with Gasteiger partial charge in [0.15, 0.2) is 0 Å². The first-order chi connectivity index (χ1) is 9.38. The minimum Gasteiger partial charge on any atom is -0.437 e. The van der Waals surface area contributed by atoms with Gasteiger partial charge in [-0.1, -0.05) is 12.2 Å². The van der Waals surface area contributed by atoms with E-state index in [4.69, 9.17) is 22.7 Å². The first kappa shape index (κ1) is 14.9. The van der Waals surface area contributed by atoms with Crippen LogP contribution in [0.2, 0.25) is 0 Å². The molecule has 0 saturated heterocycles. The zero-order valence-electron chi connectivity index (χ0n) is 10.9. The average molecular weight is 355 g/mol. The largest absolute Gasteiger partial charge is 0.437 e. The SMILES string of the molecule is Cc1cc(C)c(C(N)=S)c(Oc2ccc(F)cc2Br)n1. The van der Waals surface area contributed by atoms with Crippen LogP contribution in [-0.4, -0.2) is 9.97 Å². The maximum atomic E-state index is 13.1. The van der Waals surface area contributed by atoms with E-state index in [1.165, 1.54) is 18.2 Å². The van der Waals surface area contributed by atoms with Gasteiger partial charge in [-0.2, -0.15) is 0 Å². The predicted octanol–water partition coefficient (Wildman–Crippen LogP) is 4.03. The number of pyridine rings is 1. The number of aromatic nitrogens is 1. The molecule has 2 rings (SSSR count). The highest BCUT2D eigenvalue weighted by Crippen LogP contribution is 2.32. The van der Waals surface area contributed by atoms with Gasteiger partial charge in [-0.05, 0) is 59.6 Å². The summed E-state index contributed by atoms with van der Waals surface area (Å²) in [6.07, 6.45) is 0. The number of halogens is 2. The number of hydrogen-bond acceptors (Lipinski definition) is 3. The molecule has 0 saturated carbocycles. The van der Waals surface area contributed by atoms with Gasteiger partial charge in [0, 0.05) is 5.69 Å². The van der Waals surface area contributed by atoms with E-state index in [0.717, 1.165) is 11.3 Å². The van der Waals surface area contributed by atoms with Gasteiger partial charge < -0.3 is 10.5 Å². The molecule has 3 nitrogen and oxygen atoms in total. The molecule has 0 atom stereocenters. The molecular weight excluding hydrogens is 343 g/mol. The first-order valence-electron chi connectivity index (χ1n) is 5.79. The van der Waals surface area contributed by atoms with Gasteiger partial charge in [-0.15, -0.1) is 0 Å². The van der Waals surface area contributed by atoms with E-state index in [1.54, 1.807) is 0 Å². The number of thiocarbonyl (C=S) groups is 1.